The Morgan fingerprint density at radius 3 is 3.09 bits per heavy atom. The van der Waals surface area contributed by atoms with Gasteiger partial charge in [0, 0.05) is 24.6 Å². The first-order chi connectivity index (χ1) is 5.27. The zero-order valence-electron chi connectivity index (χ0n) is 6.19. The molecule has 6 heteroatoms. The van der Waals surface area contributed by atoms with Gasteiger partial charge in [0.15, 0.2) is 0 Å². The van der Waals surface area contributed by atoms with Gasteiger partial charge in [0.2, 0.25) is 5.91 Å². The maximum Gasteiger partial charge on any atom is 0.236 e. The smallest absolute Gasteiger partial charge is 0.236 e. The van der Waals surface area contributed by atoms with Crippen LogP contribution in [0.4, 0.5) is 0 Å². The van der Waals surface area contributed by atoms with Gasteiger partial charge in [-0.2, -0.15) is 5.10 Å². The van der Waals surface area contributed by atoms with Crippen molar-refractivity contribution in [3.05, 3.63) is 10.4 Å². The minimum Gasteiger partial charge on any atom is -0.274 e. The lowest BCUT2D eigenvalue weighted by Gasteiger charge is -1.88. The Bertz CT molecular complexity index is 193. The molecule has 0 saturated heterocycles. The molecule has 0 fully saturated rings. The number of amides is 1. The van der Waals surface area contributed by atoms with E-state index in [0.29, 0.717) is 13.0 Å². The molecule has 0 aliphatic rings. The van der Waals surface area contributed by atoms with Crippen LogP contribution in [0.5, 0.6) is 0 Å². The van der Waals surface area contributed by atoms with Crippen molar-refractivity contribution < 1.29 is 4.79 Å². The van der Waals surface area contributed by atoms with E-state index >= 15 is 0 Å². The highest BCUT2D eigenvalue weighted by Crippen LogP contribution is 1.76. The quantitative estimate of drug-likeness (QED) is 0.160. The number of carbonyl (C=O) groups is 1. The summed E-state index contributed by atoms with van der Waals surface area (Å²) in [6.45, 7) is 1.73. The normalized spacial score (nSPS) is 9.18. The Labute approximate surface area is 63.9 Å². The van der Waals surface area contributed by atoms with Crippen molar-refractivity contribution >= 4 is 12.1 Å². The molecule has 0 unspecified atom stereocenters. The zero-order chi connectivity index (χ0) is 8.53. The Hall–Kier alpha value is -1.55. The van der Waals surface area contributed by atoms with Gasteiger partial charge in [0.1, 0.15) is 0 Å². The molecule has 0 aromatic carbocycles. The molecule has 0 aromatic rings. The molecule has 11 heavy (non-hydrogen) atoms. The van der Waals surface area contributed by atoms with E-state index in [1.54, 1.807) is 0 Å². The van der Waals surface area contributed by atoms with E-state index in [4.69, 9.17) is 5.53 Å². The van der Waals surface area contributed by atoms with Crippen LogP contribution in [0.15, 0.2) is 10.2 Å². The molecule has 0 bridgehead atoms. The van der Waals surface area contributed by atoms with Gasteiger partial charge in [-0.25, -0.2) is 5.43 Å². The van der Waals surface area contributed by atoms with E-state index in [-0.39, 0.29) is 5.91 Å². The largest absolute Gasteiger partial charge is 0.274 e. The monoisotopic (exact) mass is 155 g/mol. The summed E-state index contributed by atoms with van der Waals surface area (Å²) in [5.74, 6) is -0.218. The van der Waals surface area contributed by atoms with Crippen LogP contribution in [0.25, 0.3) is 10.4 Å². The molecule has 6 nitrogen and oxygen atoms in total. The van der Waals surface area contributed by atoms with Crippen LogP contribution < -0.4 is 5.43 Å². The molecule has 0 heterocycles. The summed E-state index contributed by atoms with van der Waals surface area (Å²) in [6.07, 6.45) is 2.01. The Morgan fingerprint density at radius 1 is 1.82 bits per heavy atom. The average Bonchev–Trinajstić information content (AvgIpc) is 1.96. The van der Waals surface area contributed by atoms with Gasteiger partial charge in [-0.3, -0.25) is 4.79 Å². The molecule has 0 radical (unpaired) electrons. The van der Waals surface area contributed by atoms with Crippen LogP contribution in [0, 0.1) is 0 Å². The number of hydrazone groups is 1. The van der Waals surface area contributed by atoms with Crippen molar-refractivity contribution in [2.75, 3.05) is 6.54 Å². The molecule has 0 saturated carbocycles. The third kappa shape index (κ3) is 8.45. The molecule has 1 amide bonds. The number of nitrogens with one attached hydrogen (secondary N) is 1. The number of carbonyl (C=O) groups excluding carboxylic acids is 1. The van der Waals surface area contributed by atoms with Crippen LogP contribution in [0.3, 0.4) is 0 Å². The van der Waals surface area contributed by atoms with Crippen molar-refractivity contribution in [1.29, 1.82) is 0 Å². The average molecular weight is 155 g/mol. The van der Waals surface area contributed by atoms with E-state index in [9.17, 15) is 4.79 Å². The van der Waals surface area contributed by atoms with Crippen LogP contribution in [0.1, 0.15) is 13.3 Å². The van der Waals surface area contributed by atoms with E-state index in [2.05, 4.69) is 20.6 Å². The molecule has 1 N–H and O–H groups in total. The lowest BCUT2D eigenvalue weighted by molar-refractivity contribution is -0.118. The second-order valence-electron chi connectivity index (χ2n) is 1.72. The topological polar surface area (TPSA) is 90.2 Å². The molecule has 60 valence electrons. The molecule has 0 spiro atoms. The second-order valence-corrected chi connectivity index (χ2v) is 1.72. The summed E-state index contributed by atoms with van der Waals surface area (Å²) < 4.78 is 0. The predicted molar refractivity (Wildman–Crippen MR) is 40.9 cm³/mol. The molecular formula is C5H9N5O. The zero-order valence-corrected chi connectivity index (χ0v) is 6.19. The first kappa shape index (κ1) is 9.45. The number of rotatable bonds is 4. The van der Waals surface area contributed by atoms with Gasteiger partial charge in [-0.1, -0.05) is 5.11 Å². The fourth-order valence-corrected chi connectivity index (χ4v) is 0.361. The Morgan fingerprint density at radius 2 is 2.55 bits per heavy atom. The summed E-state index contributed by atoms with van der Waals surface area (Å²) in [6, 6.07) is 0. The Balaban J connectivity index is 3.30. The SMILES string of the molecule is CC(=O)NN=CCCN=[N+]=[N-]. The Kier molecular flexibility index (Phi) is 5.64. The first-order valence-corrected chi connectivity index (χ1v) is 3.06. The van der Waals surface area contributed by atoms with Crippen molar-refractivity contribution in [3.8, 4) is 0 Å². The van der Waals surface area contributed by atoms with Gasteiger partial charge in [0.05, 0.1) is 0 Å². The van der Waals surface area contributed by atoms with Crippen LogP contribution >= 0.6 is 0 Å². The van der Waals surface area contributed by atoms with E-state index in [1.807, 2.05) is 0 Å². The molecule has 0 aromatic heterocycles. The standard InChI is InChI=1S/C5H9N5O/c1-5(11)9-7-3-2-4-8-10-6/h3H,2,4H2,1H3,(H,9,11). The molecule has 0 atom stereocenters. The lowest BCUT2D eigenvalue weighted by atomic mass is 10.5. The summed E-state index contributed by atoms with van der Waals surface area (Å²) in [7, 11) is 0. The first-order valence-electron chi connectivity index (χ1n) is 3.06. The van der Waals surface area contributed by atoms with E-state index in [1.165, 1.54) is 13.1 Å². The van der Waals surface area contributed by atoms with E-state index in [0.717, 1.165) is 0 Å². The second kappa shape index (κ2) is 6.57. The van der Waals surface area contributed by atoms with Crippen molar-refractivity contribution in [2.45, 2.75) is 13.3 Å². The summed E-state index contributed by atoms with van der Waals surface area (Å²) in [4.78, 5) is 12.8. The fraction of sp³-hybridized carbons (Fsp3) is 0.600. The third-order valence-electron chi connectivity index (χ3n) is 0.735. The van der Waals surface area contributed by atoms with Gasteiger partial charge >= 0.3 is 0 Å². The number of hydrogen-bond acceptors (Lipinski definition) is 3. The minimum atomic E-state index is -0.218. The number of azide groups is 1. The van der Waals surface area contributed by atoms with Gasteiger partial charge in [0.25, 0.3) is 0 Å². The molecule has 0 rings (SSSR count). The fourth-order valence-electron chi connectivity index (χ4n) is 0.361. The maximum atomic E-state index is 10.2. The summed E-state index contributed by atoms with van der Waals surface area (Å²) >= 11 is 0. The minimum absolute atomic E-state index is 0.218. The van der Waals surface area contributed by atoms with Crippen LogP contribution in [0.2, 0.25) is 0 Å². The van der Waals surface area contributed by atoms with Gasteiger partial charge in [-0.05, 0) is 12.0 Å². The van der Waals surface area contributed by atoms with Crippen molar-refractivity contribution in [3.63, 3.8) is 0 Å². The third-order valence-corrected chi connectivity index (χ3v) is 0.735. The number of nitrogens with zero attached hydrogens (tertiary/aromatic N) is 4. The maximum absolute atomic E-state index is 10.2. The highest BCUT2D eigenvalue weighted by molar-refractivity contribution is 5.73. The van der Waals surface area contributed by atoms with Crippen LogP contribution in [-0.2, 0) is 4.79 Å². The lowest BCUT2D eigenvalue weighted by Crippen LogP contribution is -2.12. The predicted octanol–water partition coefficient (Wildman–Crippen LogP) is 0.809. The van der Waals surface area contributed by atoms with E-state index < -0.39 is 0 Å². The summed E-state index contributed by atoms with van der Waals surface area (Å²) in [5, 5.41) is 6.80. The molecular weight excluding hydrogens is 146 g/mol. The molecule has 0 aliphatic heterocycles. The van der Waals surface area contributed by atoms with Gasteiger partial charge in [-0.15, -0.1) is 0 Å². The van der Waals surface area contributed by atoms with Gasteiger partial charge < -0.3 is 0 Å². The summed E-state index contributed by atoms with van der Waals surface area (Å²) in [5.41, 5.74) is 10.1. The highest BCUT2D eigenvalue weighted by Gasteiger charge is 1.81. The molecule has 0 aliphatic carbocycles. The van der Waals surface area contributed by atoms with Crippen molar-refractivity contribution in [2.24, 2.45) is 10.2 Å². The van der Waals surface area contributed by atoms with Crippen LogP contribution in [-0.4, -0.2) is 18.7 Å². The number of hydrogen-bond donors (Lipinski definition) is 1. The highest BCUT2D eigenvalue weighted by atomic mass is 16.2. The van der Waals surface area contributed by atoms with Crippen molar-refractivity contribution in [1.82, 2.24) is 5.43 Å².